The summed E-state index contributed by atoms with van der Waals surface area (Å²) in [5.74, 6) is -0.312. The number of aryl methyl sites for hydroxylation is 2. The molecule has 160 valence electrons. The lowest BCUT2D eigenvalue weighted by Crippen LogP contribution is -2.37. The molecule has 0 amide bonds. The summed E-state index contributed by atoms with van der Waals surface area (Å²) in [6.07, 6.45) is 7.06. The van der Waals surface area contributed by atoms with Crippen LogP contribution in [0.15, 0.2) is 60.9 Å². The van der Waals surface area contributed by atoms with E-state index in [0.29, 0.717) is 5.56 Å². The van der Waals surface area contributed by atoms with Crippen LogP contribution in [0, 0.1) is 13.8 Å². The summed E-state index contributed by atoms with van der Waals surface area (Å²) in [7, 11) is 1.41. The van der Waals surface area contributed by atoms with Crippen molar-refractivity contribution in [2.45, 2.75) is 51.7 Å². The number of ether oxygens (including phenoxy) is 1. The summed E-state index contributed by atoms with van der Waals surface area (Å²) in [4.78, 5) is 23.9. The lowest BCUT2D eigenvalue weighted by atomic mass is 9.88. The Morgan fingerprint density at radius 1 is 0.935 bits per heavy atom. The third kappa shape index (κ3) is 4.52. The van der Waals surface area contributed by atoms with Crippen molar-refractivity contribution in [3.63, 3.8) is 0 Å². The van der Waals surface area contributed by atoms with E-state index >= 15 is 0 Å². The van der Waals surface area contributed by atoms with Gasteiger partial charge in [-0.25, -0.2) is 4.79 Å². The maximum Gasteiger partial charge on any atom is 0.337 e. The van der Waals surface area contributed by atoms with Gasteiger partial charge in [-0.05, 0) is 74.1 Å². The summed E-state index contributed by atoms with van der Waals surface area (Å²) < 4.78 is 4.84. The number of methoxy groups -OCH3 is 1. The van der Waals surface area contributed by atoms with Gasteiger partial charge >= 0.3 is 5.97 Å². The van der Waals surface area contributed by atoms with Gasteiger partial charge in [-0.1, -0.05) is 24.3 Å². The molecule has 3 aromatic rings. The van der Waals surface area contributed by atoms with Gasteiger partial charge in [-0.2, -0.15) is 0 Å². The van der Waals surface area contributed by atoms with Crippen LogP contribution in [-0.2, 0) is 11.3 Å². The van der Waals surface area contributed by atoms with Crippen LogP contribution >= 0.6 is 0 Å². The first-order valence-electron chi connectivity index (χ1n) is 10.8. The van der Waals surface area contributed by atoms with Gasteiger partial charge in [0.2, 0.25) is 0 Å². The Balaban J connectivity index is 1.71. The number of hydrogen-bond donors (Lipinski definition) is 0. The average Bonchev–Trinajstić information content (AvgIpc) is 2.80. The summed E-state index contributed by atoms with van der Waals surface area (Å²) >= 11 is 0. The molecule has 2 aromatic heterocycles. The van der Waals surface area contributed by atoms with E-state index in [-0.39, 0.29) is 18.1 Å². The second-order valence-electron chi connectivity index (χ2n) is 8.23. The van der Waals surface area contributed by atoms with Crippen molar-refractivity contribution in [2.24, 2.45) is 0 Å². The number of likely N-dealkylation sites (tertiary alicyclic amines) is 1. The number of benzene rings is 1. The molecule has 4 rings (SSSR count). The maximum atomic E-state index is 11.8. The second kappa shape index (κ2) is 9.40. The zero-order chi connectivity index (χ0) is 21.8. The number of esters is 1. The Labute approximate surface area is 184 Å². The van der Waals surface area contributed by atoms with Crippen molar-refractivity contribution in [3.8, 4) is 0 Å². The van der Waals surface area contributed by atoms with Crippen LogP contribution in [-0.4, -0.2) is 27.9 Å². The fraction of sp³-hybridized carbons (Fsp3) is 0.346. The number of hydrogen-bond acceptors (Lipinski definition) is 5. The minimum atomic E-state index is -0.312. The molecule has 2 atom stereocenters. The molecule has 1 fully saturated rings. The highest BCUT2D eigenvalue weighted by molar-refractivity contribution is 5.89. The number of piperidine rings is 1. The smallest absolute Gasteiger partial charge is 0.337 e. The minimum absolute atomic E-state index is 0.224. The molecule has 0 aliphatic carbocycles. The van der Waals surface area contributed by atoms with E-state index in [1.165, 1.54) is 18.2 Å². The fourth-order valence-electron chi connectivity index (χ4n) is 4.63. The standard InChI is InChI=1S/C26H29N3O2/c1-18-7-5-15-27-24(18)22-9-4-10-23(25-19(2)8-6-16-28-25)29(22)17-20-11-13-21(14-12-20)26(30)31-3/h5-8,11-16,22-23H,4,9-10,17H2,1-3H3. The zero-order valence-corrected chi connectivity index (χ0v) is 18.4. The van der Waals surface area contributed by atoms with Crippen molar-refractivity contribution < 1.29 is 9.53 Å². The van der Waals surface area contributed by atoms with Gasteiger partial charge in [-0.3, -0.25) is 14.9 Å². The van der Waals surface area contributed by atoms with Crippen LogP contribution in [0.25, 0.3) is 0 Å². The topological polar surface area (TPSA) is 55.3 Å². The monoisotopic (exact) mass is 415 g/mol. The molecule has 1 aliphatic rings. The highest BCUT2D eigenvalue weighted by Gasteiger charge is 2.35. The van der Waals surface area contributed by atoms with Crippen molar-refractivity contribution in [3.05, 3.63) is 94.6 Å². The lowest BCUT2D eigenvalue weighted by molar-refractivity contribution is 0.0600. The predicted molar refractivity (Wildman–Crippen MR) is 121 cm³/mol. The molecular formula is C26H29N3O2. The Bertz CT molecular complexity index is 995. The van der Waals surface area contributed by atoms with Gasteiger partial charge in [0.15, 0.2) is 0 Å². The van der Waals surface area contributed by atoms with Gasteiger partial charge in [-0.15, -0.1) is 0 Å². The van der Waals surface area contributed by atoms with Crippen molar-refractivity contribution in [1.82, 2.24) is 14.9 Å². The molecule has 1 aromatic carbocycles. The van der Waals surface area contributed by atoms with Crippen LogP contribution in [0.5, 0.6) is 0 Å². The third-order valence-corrected chi connectivity index (χ3v) is 6.23. The number of carbonyl (C=O) groups excluding carboxylic acids is 1. The number of rotatable bonds is 5. The van der Waals surface area contributed by atoms with Gasteiger partial charge < -0.3 is 4.74 Å². The van der Waals surface area contributed by atoms with Gasteiger partial charge in [0.05, 0.1) is 36.1 Å². The number of aromatic nitrogens is 2. The molecule has 3 heterocycles. The highest BCUT2D eigenvalue weighted by Crippen LogP contribution is 2.43. The number of pyridine rings is 2. The Kier molecular flexibility index (Phi) is 6.42. The molecule has 5 nitrogen and oxygen atoms in total. The highest BCUT2D eigenvalue weighted by atomic mass is 16.5. The largest absolute Gasteiger partial charge is 0.465 e. The molecule has 0 N–H and O–H groups in total. The normalized spacial score (nSPS) is 19.2. The quantitative estimate of drug-likeness (QED) is 0.526. The number of nitrogens with zero attached hydrogens (tertiary/aromatic N) is 3. The summed E-state index contributed by atoms with van der Waals surface area (Å²) in [5, 5.41) is 0. The SMILES string of the molecule is COC(=O)c1ccc(CN2C(c3ncccc3C)CCCC2c2ncccc2C)cc1. The van der Waals surface area contributed by atoms with Gasteiger partial charge in [0.1, 0.15) is 0 Å². The summed E-state index contributed by atoms with van der Waals surface area (Å²) in [6, 6.07) is 16.4. The van der Waals surface area contributed by atoms with E-state index in [4.69, 9.17) is 14.7 Å². The van der Waals surface area contributed by atoms with E-state index < -0.39 is 0 Å². The number of carbonyl (C=O) groups is 1. The van der Waals surface area contributed by atoms with Crippen LogP contribution in [0.2, 0.25) is 0 Å². The molecule has 31 heavy (non-hydrogen) atoms. The molecule has 1 aliphatic heterocycles. The van der Waals surface area contributed by atoms with E-state index in [1.54, 1.807) is 0 Å². The molecule has 2 unspecified atom stereocenters. The van der Waals surface area contributed by atoms with Crippen LogP contribution in [0.1, 0.15) is 69.8 Å². The molecular weight excluding hydrogens is 386 g/mol. The summed E-state index contributed by atoms with van der Waals surface area (Å²) in [5.41, 5.74) is 6.46. The fourth-order valence-corrected chi connectivity index (χ4v) is 4.63. The van der Waals surface area contributed by atoms with E-state index in [2.05, 4.69) is 30.9 Å². The van der Waals surface area contributed by atoms with Crippen LogP contribution in [0.4, 0.5) is 0 Å². The maximum absolute atomic E-state index is 11.8. The van der Waals surface area contributed by atoms with Gasteiger partial charge in [0.25, 0.3) is 0 Å². The molecule has 5 heteroatoms. The lowest BCUT2D eigenvalue weighted by Gasteiger charge is -2.42. The van der Waals surface area contributed by atoms with Crippen LogP contribution < -0.4 is 0 Å². The molecule has 0 bridgehead atoms. The minimum Gasteiger partial charge on any atom is -0.465 e. The molecule has 0 saturated carbocycles. The van der Waals surface area contributed by atoms with E-state index in [9.17, 15) is 4.79 Å². The predicted octanol–water partition coefficient (Wildman–Crippen LogP) is 5.35. The Hall–Kier alpha value is -3.05. The van der Waals surface area contributed by atoms with Gasteiger partial charge in [0, 0.05) is 18.9 Å². The Morgan fingerprint density at radius 2 is 1.48 bits per heavy atom. The average molecular weight is 416 g/mol. The molecule has 1 saturated heterocycles. The third-order valence-electron chi connectivity index (χ3n) is 6.23. The second-order valence-corrected chi connectivity index (χ2v) is 8.23. The van der Waals surface area contributed by atoms with Crippen LogP contribution in [0.3, 0.4) is 0 Å². The van der Waals surface area contributed by atoms with Crippen molar-refractivity contribution in [1.29, 1.82) is 0 Å². The first-order chi connectivity index (χ1) is 15.1. The van der Waals surface area contributed by atoms with E-state index in [0.717, 1.165) is 42.8 Å². The van der Waals surface area contributed by atoms with Crippen molar-refractivity contribution >= 4 is 5.97 Å². The zero-order valence-electron chi connectivity index (χ0n) is 18.4. The molecule has 0 radical (unpaired) electrons. The first kappa shape index (κ1) is 21.2. The summed E-state index contributed by atoms with van der Waals surface area (Å²) in [6.45, 7) is 5.05. The van der Waals surface area contributed by atoms with Crippen molar-refractivity contribution in [2.75, 3.05) is 7.11 Å². The first-order valence-corrected chi connectivity index (χ1v) is 10.8. The van der Waals surface area contributed by atoms with E-state index in [1.807, 2.05) is 48.8 Å². The molecule has 0 spiro atoms. The Morgan fingerprint density at radius 3 is 1.97 bits per heavy atom.